The average molecular weight is 359 g/mol. The summed E-state index contributed by atoms with van der Waals surface area (Å²) < 4.78 is 5.41. The van der Waals surface area contributed by atoms with Gasteiger partial charge in [0.05, 0.1) is 25.3 Å². The molecule has 0 bridgehead atoms. The standard InChI is InChI=1S/C19H25N3O2S/c1-2-6-20-18(23)12-17-14-25-19(21-17)16-5-3-4-15(11-16)13-22-7-9-24-10-8-22/h3-5,11,14H,2,6-10,12-13H2,1H3,(H,20,23). The Hall–Kier alpha value is -1.76. The van der Waals surface area contributed by atoms with Crippen molar-refractivity contribution in [3.63, 3.8) is 0 Å². The zero-order valence-corrected chi connectivity index (χ0v) is 15.5. The summed E-state index contributed by atoms with van der Waals surface area (Å²) in [6, 6.07) is 8.53. The lowest BCUT2D eigenvalue weighted by Crippen LogP contribution is -2.35. The molecule has 1 saturated heterocycles. The van der Waals surface area contributed by atoms with Crippen molar-refractivity contribution in [3.05, 3.63) is 40.9 Å². The van der Waals surface area contributed by atoms with Gasteiger partial charge in [-0.1, -0.05) is 25.1 Å². The molecule has 6 heteroatoms. The first-order valence-corrected chi connectivity index (χ1v) is 9.73. The molecule has 1 amide bonds. The van der Waals surface area contributed by atoms with Crippen molar-refractivity contribution in [2.45, 2.75) is 26.3 Å². The van der Waals surface area contributed by atoms with Crippen molar-refractivity contribution >= 4 is 17.2 Å². The third-order valence-electron chi connectivity index (χ3n) is 4.15. The lowest BCUT2D eigenvalue weighted by Gasteiger charge is -2.26. The van der Waals surface area contributed by atoms with Crippen LogP contribution in [0.4, 0.5) is 0 Å². The number of hydrogen-bond acceptors (Lipinski definition) is 5. The van der Waals surface area contributed by atoms with Gasteiger partial charge in [-0.15, -0.1) is 11.3 Å². The smallest absolute Gasteiger partial charge is 0.226 e. The van der Waals surface area contributed by atoms with Gasteiger partial charge in [0.25, 0.3) is 0 Å². The van der Waals surface area contributed by atoms with E-state index in [9.17, 15) is 4.79 Å². The summed E-state index contributed by atoms with van der Waals surface area (Å²) in [5, 5.41) is 5.85. The Kier molecular flexibility index (Phi) is 6.55. The first kappa shape index (κ1) is 18.0. The summed E-state index contributed by atoms with van der Waals surface area (Å²) in [4.78, 5) is 18.9. The maximum atomic E-state index is 11.8. The molecule has 3 rings (SSSR count). The Morgan fingerprint density at radius 3 is 3.00 bits per heavy atom. The van der Waals surface area contributed by atoms with Crippen LogP contribution in [0.3, 0.4) is 0 Å². The van der Waals surface area contributed by atoms with Gasteiger partial charge in [0.2, 0.25) is 5.91 Å². The van der Waals surface area contributed by atoms with Crippen LogP contribution in [0.15, 0.2) is 29.6 Å². The van der Waals surface area contributed by atoms with E-state index in [2.05, 4.69) is 39.5 Å². The van der Waals surface area contributed by atoms with Gasteiger partial charge in [-0.3, -0.25) is 9.69 Å². The molecule has 1 aromatic heterocycles. The summed E-state index contributed by atoms with van der Waals surface area (Å²) in [6.45, 7) is 7.31. The molecule has 0 aliphatic carbocycles. The van der Waals surface area contributed by atoms with Crippen LogP contribution < -0.4 is 5.32 Å². The van der Waals surface area contributed by atoms with Crippen LogP contribution in [0, 0.1) is 0 Å². The number of nitrogens with zero attached hydrogens (tertiary/aromatic N) is 2. The Labute approximate surface area is 153 Å². The molecule has 0 spiro atoms. The molecule has 1 fully saturated rings. The van der Waals surface area contributed by atoms with Gasteiger partial charge in [0.15, 0.2) is 0 Å². The van der Waals surface area contributed by atoms with E-state index >= 15 is 0 Å². The van der Waals surface area contributed by atoms with Crippen LogP contribution in [0.5, 0.6) is 0 Å². The van der Waals surface area contributed by atoms with Crippen LogP contribution in [-0.4, -0.2) is 48.6 Å². The molecule has 1 aliphatic rings. The van der Waals surface area contributed by atoms with Crippen molar-refractivity contribution in [3.8, 4) is 10.6 Å². The molecule has 5 nitrogen and oxygen atoms in total. The Morgan fingerprint density at radius 2 is 2.20 bits per heavy atom. The zero-order chi connectivity index (χ0) is 17.5. The number of benzene rings is 1. The number of carbonyl (C=O) groups excluding carboxylic acids is 1. The van der Waals surface area contributed by atoms with E-state index in [1.807, 2.05) is 12.3 Å². The van der Waals surface area contributed by atoms with Gasteiger partial charge >= 0.3 is 0 Å². The van der Waals surface area contributed by atoms with Crippen LogP contribution in [0.2, 0.25) is 0 Å². The van der Waals surface area contributed by atoms with Crippen molar-refractivity contribution in [1.82, 2.24) is 15.2 Å². The number of nitrogens with one attached hydrogen (secondary N) is 1. The molecule has 2 aromatic rings. The second-order valence-electron chi connectivity index (χ2n) is 6.26. The molecule has 2 heterocycles. The number of thiazole rings is 1. The highest BCUT2D eigenvalue weighted by Crippen LogP contribution is 2.25. The first-order chi connectivity index (χ1) is 12.2. The first-order valence-electron chi connectivity index (χ1n) is 8.85. The van der Waals surface area contributed by atoms with Gasteiger partial charge in [0.1, 0.15) is 5.01 Å². The molecule has 0 radical (unpaired) electrons. The molecule has 134 valence electrons. The number of amides is 1. The number of morpholine rings is 1. The molecular formula is C19H25N3O2S. The van der Waals surface area contributed by atoms with E-state index < -0.39 is 0 Å². The molecule has 1 aliphatic heterocycles. The monoisotopic (exact) mass is 359 g/mol. The molecule has 1 aromatic carbocycles. The molecule has 0 atom stereocenters. The second kappa shape index (κ2) is 9.08. The van der Waals surface area contributed by atoms with E-state index in [1.54, 1.807) is 11.3 Å². The SMILES string of the molecule is CCCNC(=O)Cc1csc(-c2cccc(CN3CCOCC3)c2)n1. The van der Waals surface area contributed by atoms with Gasteiger partial charge in [-0.2, -0.15) is 0 Å². The number of hydrogen-bond donors (Lipinski definition) is 1. The van der Waals surface area contributed by atoms with Gasteiger partial charge < -0.3 is 10.1 Å². The highest BCUT2D eigenvalue weighted by atomic mass is 32.1. The van der Waals surface area contributed by atoms with Crippen molar-refractivity contribution in [2.24, 2.45) is 0 Å². The molecule has 0 saturated carbocycles. The third-order valence-corrected chi connectivity index (χ3v) is 5.09. The zero-order valence-electron chi connectivity index (χ0n) is 14.7. The lowest BCUT2D eigenvalue weighted by molar-refractivity contribution is -0.120. The highest BCUT2D eigenvalue weighted by molar-refractivity contribution is 7.13. The van der Waals surface area contributed by atoms with Crippen LogP contribution in [0.25, 0.3) is 10.6 Å². The predicted octanol–water partition coefficient (Wildman–Crippen LogP) is 2.71. The largest absolute Gasteiger partial charge is 0.379 e. The fraction of sp³-hybridized carbons (Fsp3) is 0.474. The summed E-state index contributed by atoms with van der Waals surface area (Å²) >= 11 is 1.60. The molecular weight excluding hydrogens is 334 g/mol. The van der Waals surface area contributed by atoms with Crippen LogP contribution >= 0.6 is 11.3 Å². The molecule has 1 N–H and O–H groups in total. The average Bonchev–Trinajstić information content (AvgIpc) is 3.09. The number of carbonyl (C=O) groups is 1. The summed E-state index contributed by atoms with van der Waals surface area (Å²) in [5.41, 5.74) is 3.25. The summed E-state index contributed by atoms with van der Waals surface area (Å²) in [6.07, 6.45) is 1.30. The van der Waals surface area contributed by atoms with Crippen LogP contribution in [0.1, 0.15) is 24.6 Å². The van der Waals surface area contributed by atoms with E-state index in [0.717, 1.165) is 62.1 Å². The van der Waals surface area contributed by atoms with Crippen LogP contribution in [-0.2, 0) is 22.5 Å². The van der Waals surface area contributed by atoms with E-state index in [0.29, 0.717) is 6.42 Å². The van der Waals surface area contributed by atoms with E-state index in [1.165, 1.54) is 5.56 Å². The van der Waals surface area contributed by atoms with E-state index in [4.69, 9.17) is 4.74 Å². The fourth-order valence-electron chi connectivity index (χ4n) is 2.83. The maximum absolute atomic E-state index is 11.8. The fourth-order valence-corrected chi connectivity index (χ4v) is 3.65. The quantitative estimate of drug-likeness (QED) is 0.826. The highest BCUT2D eigenvalue weighted by Gasteiger charge is 2.12. The minimum Gasteiger partial charge on any atom is -0.379 e. The van der Waals surface area contributed by atoms with E-state index in [-0.39, 0.29) is 5.91 Å². The minimum atomic E-state index is 0.0415. The lowest BCUT2D eigenvalue weighted by atomic mass is 10.1. The van der Waals surface area contributed by atoms with Crippen molar-refractivity contribution < 1.29 is 9.53 Å². The van der Waals surface area contributed by atoms with Crippen molar-refractivity contribution in [2.75, 3.05) is 32.8 Å². The number of rotatable bonds is 7. The second-order valence-corrected chi connectivity index (χ2v) is 7.12. The topological polar surface area (TPSA) is 54.5 Å². The summed E-state index contributed by atoms with van der Waals surface area (Å²) in [5.74, 6) is 0.0415. The minimum absolute atomic E-state index is 0.0415. The van der Waals surface area contributed by atoms with Crippen molar-refractivity contribution in [1.29, 1.82) is 0 Å². The predicted molar refractivity (Wildman–Crippen MR) is 101 cm³/mol. The van der Waals surface area contributed by atoms with Gasteiger partial charge in [-0.25, -0.2) is 4.98 Å². The number of aromatic nitrogens is 1. The third kappa shape index (κ3) is 5.36. The van der Waals surface area contributed by atoms with Gasteiger partial charge in [0, 0.05) is 37.1 Å². The molecule has 25 heavy (non-hydrogen) atoms. The Balaban J connectivity index is 1.63. The maximum Gasteiger partial charge on any atom is 0.226 e. The summed E-state index contributed by atoms with van der Waals surface area (Å²) in [7, 11) is 0. The molecule has 0 unspecified atom stereocenters. The normalized spacial score (nSPS) is 15.2. The Bertz CT molecular complexity index is 695. The number of ether oxygens (including phenoxy) is 1. The Morgan fingerprint density at radius 1 is 1.36 bits per heavy atom. The van der Waals surface area contributed by atoms with Gasteiger partial charge in [-0.05, 0) is 18.1 Å².